The van der Waals surface area contributed by atoms with Gasteiger partial charge in [0.1, 0.15) is 16.7 Å². The van der Waals surface area contributed by atoms with E-state index in [4.69, 9.17) is 4.74 Å². The van der Waals surface area contributed by atoms with Gasteiger partial charge in [0.25, 0.3) is 0 Å². The quantitative estimate of drug-likeness (QED) is 0.812. The monoisotopic (exact) mass is 295 g/mol. The number of thiazole rings is 1. The summed E-state index contributed by atoms with van der Waals surface area (Å²) in [5, 5.41) is 0. The maximum absolute atomic E-state index is 5.78. The molecule has 1 fully saturated rings. The molecule has 0 saturated carbocycles. The lowest BCUT2D eigenvalue weighted by molar-refractivity contribution is -0.0476. The molecule has 4 nitrogen and oxygen atoms in total. The van der Waals surface area contributed by atoms with E-state index in [0.29, 0.717) is 12.2 Å². The van der Waals surface area contributed by atoms with Gasteiger partial charge in [0.15, 0.2) is 4.34 Å². The van der Waals surface area contributed by atoms with Gasteiger partial charge in [-0.1, -0.05) is 23.1 Å². The average Bonchev–Trinajstić information content (AvgIpc) is 2.78. The second kappa shape index (κ2) is 5.73. The van der Waals surface area contributed by atoms with E-state index in [0.717, 1.165) is 39.2 Å². The average molecular weight is 295 g/mol. The molecular weight excluding hydrogens is 278 g/mol. The van der Waals surface area contributed by atoms with Gasteiger partial charge in [-0.25, -0.2) is 15.0 Å². The van der Waals surface area contributed by atoms with Crippen molar-refractivity contribution in [3.63, 3.8) is 0 Å². The van der Waals surface area contributed by atoms with E-state index in [1.807, 2.05) is 11.8 Å². The van der Waals surface area contributed by atoms with Gasteiger partial charge in [-0.15, -0.1) is 0 Å². The molecule has 0 radical (unpaired) electrons. The van der Waals surface area contributed by atoms with Gasteiger partial charge < -0.3 is 4.74 Å². The highest BCUT2D eigenvalue weighted by Gasteiger charge is 2.24. The zero-order chi connectivity index (χ0) is 13.2. The molecule has 1 aliphatic rings. The van der Waals surface area contributed by atoms with Crippen LogP contribution in [0.4, 0.5) is 0 Å². The van der Waals surface area contributed by atoms with Crippen LogP contribution in [0.2, 0.25) is 0 Å². The van der Waals surface area contributed by atoms with Gasteiger partial charge >= 0.3 is 0 Å². The Bertz CT molecular complexity index is 517. The van der Waals surface area contributed by atoms with Crippen molar-refractivity contribution in [3.05, 3.63) is 12.5 Å². The van der Waals surface area contributed by atoms with Gasteiger partial charge in [0, 0.05) is 5.75 Å². The van der Waals surface area contributed by atoms with Crippen LogP contribution in [-0.4, -0.2) is 32.9 Å². The molecule has 3 heterocycles. The maximum Gasteiger partial charge on any atom is 0.152 e. The van der Waals surface area contributed by atoms with Crippen LogP contribution < -0.4 is 0 Å². The normalized spacial score (nSPS) is 27.8. The minimum Gasteiger partial charge on any atom is -0.376 e. The molecule has 0 aromatic carbocycles. The van der Waals surface area contributed by atoms with Crippen LogP contribution in [0.5, 0.6) is 0 Å². The molecule has 3 rings (SSSR count). The van der Waals surface area contributed by atoms with Crippen LogP contribution in [0.15, 0.2) is 16.9 Å². The highest BCUT2D eigenvalue weighted by molar-refractivity contribution is 8.01. The first-order chi connectivity index (χ1) is 9.20. The van der Waals surface area contributed by atoms with Crippen molar-refractivity contribution in [1.29, 1.82) is 0 Å². The zero-order valence-corrected chi connectivity index (χ0v) is 12.7. The molecule has 6 heteroatoms. The Hall–Kier alpha value is -0.720. The second-order valence-electron chi connectivity index (χ2n) is 5.10. The molecule has 2 aromatic heterocycles. The molecule has 1 saturated heterocycles. The molecule has 0 bridgehead atoms. The van der Waals surface area contributed by atoms with E-state index in [1.54, 1.807) is 23.9 Å². The van der Waals surface area contributed by atoms with Crippen LogP contribution in [0, 0.1) is 5.92 Å². The van der Waals surface area contributed by atoms with Gasteiger partial charge in [-0.05, 0) is 32.6 Å². The smallest absolute Gasteiger partial charge is 0.152 e. The standard InChI is InChI=1S/C13H17N3OS2/c1-8-3-10(4-9(2)17-8)6-18-13-16-11-5-14-7-15-12(11)19-13/h5,7-10H,3-4,6H2,1-2H3/t8-,9+,10?. The predicted octanol–water partition coefficient (Wildman–Crippen LogP) is 3.38. The fraction of sp³-hybridized carbons (Fsp3) is 0.615. The lowest BCUT2D eigenvalue weighted by Crippen LogP contribution is -2.30. The van der Waals surface area contributed by atoms with E-state index in [2.05, 4.69) is 28.8 Å². The van der Waals surface area contributed by atoms with Crippen molar-refractivity contribution in [2.45, 2.75) is 43.2 Å². The van der Waals surface area contributed by atoms with Crippen molar-refractivity contribution in [2.75, 3.05) is 5.75 Å². The number of ether oxygens (including phenoxy) is 1. The van der Waals surface area contributed by atoms with E-state index in [9.17, 15) is 0 Å². The van der Waals surface area contributed by atoms with Crippen LogP contribution in [-0.2, 0) is 4.74 Å². The van der Waals surface area contributed by atoms with Gasteiger partial charge in [0.2, 0.25) is 0 Å². The van der Waals surface area contributed by atoms with Crippen molar-refractivity contribution in [1.82, 2.24) is 15.0 Å². The maximum atomic E-state index is 5.78. The first-order valence-electron chi connectivity index (χ1n) is 6.55. The zero-order valence-electron chi connectivity index (χ0n) is 11.1. The van der Waals surface area contributed by atoms with E-state index >= 15 is 0 Å². The molecule has 0 aliphatic carbocycles. The molecule has 102 valence electrons. The van der Waals surface area contributed by atoms with E-state index in [1.165, 1.54) is 0 Å². The Labute approximate surface area is 121 Å². The van der Waals surface area contributed by atoms with E-state index in [-0.39, 0.29) is 0 Å². The molecule has 3 atom stereocenters. The van der Waals surface area contributed by atoms with Crippen molar-refractivity contribution in [2.24, 2.45) is 5.92 Å². The minimum absolute atomic E-state index is 0.385. The summed E-state index contributed by atoms with van der Waals surface area (Å²) < 4.78 is 6.88. The van der Waals surface area contributed by atoms with Gasteiger partial charge in [0.05, 0.1) is 18.4 Å². The summed E-state index contributed by atoms with van der Waals surface area (Å²) in [5.74, 6) is 1.84. The SMILES string of the molecule is C[C@@H]1CC(CSc2nc3cncnc3s2)C[C@H](C)O1. The topological polar surface area (TPSA) is 47.9 Å². The van der Waals surface area contributed by atoms with E-state index < -0.39 is 0 Å². The first-order valence-corrected chi connectivity index (χ1v) is 8.35. The molecule has 0 amide bonds. The highest BCUT2D eigenvalue weighted by atomic mass is 32.2. The number of thioether (sulfide) groups is 1. The van der Waals surface area contributed by atoms with Crippen LogP contribution in [0.3, 0.4) is 0 Å². The second-order valence-corrected chi connectivity index (χ2v) is 7.34. The Morgan fingerprint density at radius 2 is 2.16 bits per heavy atom. The summed E-state index contributed by atoms with van der Waals surface area (Å²) in [7, 11) is 0. The number of fused-ring (bicyclic) bond motifs is 1. The summed E-state index contributed by atoms with van der Waals surface area (Å²) in [4.78, 5) is 13.8. The number of hydrogen-bond donors (Lipinski definition) is 0. The third kappa shape index (κ3) is 3.24. The van der Waals surface area contributed by atoms with Crippen LogP contribution in [0.25, 0.3) is 10.3 Å². The third-order valence-corrected chi connectivity index (χ3v) is 5.64. The molecular formula is C13H17N3OS2. The summed E-state index contributed by atoms with van der Waals surface area (Å²) in [6.45, 7) is 4.33. The minimum atomic E-state index is 0.385. The summed E-state index contributed by atoms with van der Waals surface area (Å²) in [6, 6.07) is 0. The molecule has 1 aliphatic heterocycles. The highest BCUT2D eigenvalue weighted by Crippen LogP contribution is 2.33. The Morgan fingerprint density at radius 3 is 2.89 bits per heavy atom. The lowest BCUT2D eigenvalue weighted by Gasteiger charge is -2.31. The Kier molecular flexibility index (Phi) is 4.00. The number of rotatable bonds is 3. The van der Waals surface area contributed by atoms with Crippen molar-refractivity contribution >= 4 is 33.4 Å². The molecule has 1 unspecified atom stereocenters. The first kappa shape index (κ1) is 13.3. The summed E-state index contributed by atoms with van der Waals surface area (Å²) >= 11 is 3.50. The third-order valence-electron chi connectivity index (χ3n) is 3.29. The lowest BCUT2D eigenvalue weighted by atomic mass is 9.94. The Morgan fingerprint density at radius 1 is 1.37 bits per heavy atom. The number of hydrogen-bond acceptors (Lipinski definition) is 6. The molecule has 19 heavy (non-hydrogen) atoms. The molecule has 0 N–H and O–H groups in total. The van der Waals surface area contributed by atoms with Crippen molar-refractivity contribution in [3.8, 4) is 0 Å². The van der Waals surface area contributed by atoms with Crippen LogP contribution >= 0.6 is 23.1 Å². The predicted molar refractivity (Wildman–Crippen MR) is 78.7 cm³/mol. The van der Waals surface area contributed by atoms with Crippen molar-refractivity contribution < 1.29 is 4.74 Å². The fourth-order valence-electron chi connectivity index (χ4n) is 2.60. The Balaban J connectivity index is 1.62. The van der Waals surface area contributed by atoms with Gasteiger partial charge in [-0.2, -0.15) is 0 Å². The van der Waals surface area contributed by atoms with Crippen LogP contribution in [0.1, 0.15) is 26.7 Å². The summed E-state index contributed by atoms with van der Waals surface area (Å²) in [5.41, 5.74) is 0.906. The fourth-order valence-corrected chi connectivity index (χ4v) is 4.70. The van der Waals surface area contributed by atoms with Gasteiger partial charge in [-0.3, -0.25) is 0 Å². The number of nitrogens with zero attached hydrogens (tertiary/aromatic N) is 3. The summed E-state index contributed by atoms with van der Waals surface area (Å²) in [6.07, 6.45) is 6.44. The number of aromatic nitrogens is 3. The molecule has 0 spiro atoms. The molecule has 2 aromatic rings. The largest absolute Gasteiger partial charge is 0.376 e.